The summed E-state index contributed by atoms with van der Waals surface area (Å²) in [6, 6.07) is 0. The van der Waals surface area contributed by atoms with Crippen LogP contribution in [0, 0.1) is 0 Å². The maximum Gasteiger partial charge on any atom is 0.273 e. The molecule has 0 aromatic rings. The molecule has 6 heteroatoms. The summed E-state index contributed by atoms with van der Waals surface area (Å²) >= 11 is 0. The van der Waals surface area contributed by atoms with Crippen molar-refractivity contribution < 1.29 is 9.59 Å². The van der Waals surface area contributed by atoms with E-state index in [9.17, 15) is 9.59 Å². The summed E-state index contributed by atoms with van der Waals surface area (Å²) in [4.78, 5) is 23.2. The van der Waals surface area contributed by atoms with Gasteiger partial charge in [-0.3, -0.25) is 25.9 Å². The first kappa shape index (κ1) is 17.7. The molecule has 110 valence electrons. The van der Waals surface area contributed by atoms with E-state index in [1.165, 1.54) is 0 Å². The first-order chi connectivity index (χ1) is 9.27. The molecule has 0 aliphatic rings. The fourth-order valence-electron chi connectivity index (χ4n) is 1.25. The number of hydrogen-bond acceptors (Lipinski definition) is 4. The van der Waals surface area contributed by atoms with Crippen LogP contribution in [0.2, 0.25) is 0 Å². The van der Waals surface area contributed by atoms with E-state index in [0.29, 0.717) is 16.8 Å². The summed E-state index contributed by atoms with van der Waals surface area (Å²) < 4.78 is 0. The van der Waals surface area contributed by atoms with Crippen molar-refractivity contribution >= 4 is 11.8 Å². The number of carbonyl (C=O) groups excluding carboxylic acids is 2. The Morgan fingerprint density at radius 3 is 1.70 bits per heavy atom. The van der Waals surface area contributed by atoms with E-state index in [-0.39, 0.29) is 11.8 Å². The second kappa shape index (κ2) is 8.77. The topological polar surface area (TPSA) is 82.3 Å². The quantitative estimate of drug-likeness (QED) is 0.341. The molecule has 0 heterocycles. The van der Waals surface area contributed by atoms with Crippen LogP contribution in [0.3, 0.4) is 0 Å². The predicted octanol–water partition coefficient (Wildman–Crippen LogP) is 0.818. The Hall–Kier alpha value is -2.26. The molecule has 0 radical (unpaired) electrons. The highest BCUT2D eigenvalue weighted by Crippen LogP contribution is 1.95. The summed E-state index contributed by atoms with van der Waals surface area (Å²) in [5, 5.41) is 0. The smallest absolute Gasteiger partial charge is 0.273 e. The standard InChI is InChI=1S/C14H22N4O2/c1-9(2)7-12(5)16-18-14(20)11(4)8-10(3)13(19)17-15-6/h15-16H,1-6H3,(H,17,19)(H,18,20). The molecule has 0 fully saturated rings. The van der Waals surface area contributed by atoms with Crippen LogP contribution < -0.4 is 21.7 Å². The average molecular weight is 278 g/mol. The van der Waals surface area contributed by atoms with Crippen LogP contribution in [0.15, 0.2) is 33.9 Å². The van der Waals surface area contributed by atoms with E-state index in [1.54, 1.807) is 27.8 Å². The highest BCUT2D eigenvalue weighted by Gasteiger charge is 2.05. The third-order valence-electron chi connectivity index (χ3n) is 2.10. The zero-order chi connectivity index (χ0) is 15.7. The molecule has 4 N–H and O–H groups in total. The normalized spacial score (nSPS) is 8.70. The minimum atomic E-state index is -0.364. The van der Waals surface area contributed by atoms with Crippen molar-refractivity contribution in [1.82, 2.24) is 21.7 Å². The minimum absolute atomic E-state index is 0.297. The van der Waals surface area contributed by atoms with E-state index in [1.807, 2.05) is 13.8 Å². The molecule has 0 aliphatic carbocycles. The average Bonchev–Trinajstić information content (AvgIpc) is 2.35. The summed E-state index contributed by atoms with van der Waals surface area (Å²) in [6.07, 6.45) is 0. The van der Waals surface area contributed by atoms with Crippen molar-refractivity contribution in [2.24, 2.45) is 0 Å². The van der Waals surface area contributed by atoms with Crippen LogP contribution in [-0.2, 0) is 9.59 Å². The van der Waals surface area contributed by atoms with Gasteiger partial charge in [0, 0.05) is 7.05 Å². The second-order valence-electron chi connectivity index (χ2n) is 4.41. The van der Waals surface area contributed by atoms with Crippen molar-refractivity contribution in [2.45, 2.75) is 34.6 Å². The third-order valence-corrected chi connectivity index (χ3v) is 2.10. The van der Waals surface area contributed by atoms with Gasteiger partial charge >= 0.3 is 0 Å². The Kier molecular flexibility index (Phi) is 7.78. The molecule has 0 bridgehead atoms. The predicted molar refractivity (Wildman–Crippen MR) is 77.9 cm³/mol. The second-order valence-corrected chi connectivity index (χ2v) is 4.41. The number of hydrogen-bond donors (Lipinski definition) is 4. The van der Waals surface area contributed by atoms with Gasteiger partial charge in [-0.1, -0.05) is 5.73 Å². The van der Waals surface area contributed by atoms with Gasteiger partial charge in [0.05, 0.1) is 16.8 Å². The summed E-state index contributed by atoms with van der Waals surface area (Å²) in [5.41, 5.74) is 18.2. The van der Waals surface area contributed by atoms with Crippen LogP contribution in [-0.4, -0.2) is 18.9 Å². The van der Waals surface area contributed by atoms with Crippen molar-refractivity contribution in [2.75, 3.05) is 7.05 Å². The molecule has 0 atom stereocenters. The zero-order valence-electron chi connectivity index (χ0n) is 12.8. The lowest BCUT2D eigenvalue weighted by molar-refractivity contribution is -0.118. The number of amides is 2. The molecule has 0 aromatic carbocycles. The van der Waals surface area contributed by atoms with Crippen molar-refractivity contribution in [3.63, 3.8) is 0 Å². The Bertz CT molecular complexity index is 515. The van der Waals surface area contributed by atoms with Crippen LogP contribution in [0.4, 0.5) is 0 Å². The first-order valence-electron chi connectivity index (χ1n) is 6.16. The lowest BCUT2D eigenvalue weighted by atomic mass is 10.2. The molecule has 0 spiro atoms. The molecule has 0 saturated heterocycles. The van der Waals surface area contributed by atoms with E-state index in [0.717, 1.165) is 5.57 Å². The van der Waals surface area contributed by atoms with Gasteiger partial charge in [-0.15, -0.1) is 5.73 Å². The largest absolute Gasteiger partial charge is 0.295 e. The Morgan fingerprint density at radius 1 is 0.750 bits per heavy atom. The number of rotatable bonds is 5. The summed E-state index contributed by atoms with van der Waals surface area (Å²) in [5.74, 6) is -0.704. The van der Waals surface area contributed by atoms with Crippen molar-refractivity contribution in [3.8, 4) is 0 Å². The van der Waals surface area contributed by atoms with Crippen LogP contribution in [0.5, 0.6) is 0 Å². The van der Waals surface area contributed by atoms with E-state index in [2.05, 4.69) is 33.2 Å². The molecular weight excluding hydrogens is 256 g/mol. The maximum absolute atomic E-state index is 11.8. The van der Waals surface area contributed by atoms with Crippen LogP contribution in [0.1, 0.15) is 34.6 Å². The van der Waals surface area contributed by atoms with Crippen molar-refractivity contribution in [1.29, 1.82) is 0 Å². The minimum Gasteiger partial charge on any atom is -0.295 e. The molecule has 0 saturated carbocycles. The lowest BCUT2D eigenvalue weighted by Gasteiger charge is -2.06. The van der Waals surface area contributed by atoms with Crippen molar-refractivity contribution in [3.05, 3.63) is 33.9 Å². The molecule has 0 unspecified atom stereocenters. The fourth-order valence-corrected chi connectivity index (χ4v) is 1.25. The SMILES string of the molecule is CNNC(=O)C(C)=C=C(C)C(=O)NNC(C)=C=C(C)C. The number of allylic oxidation sites excluding steroid dienone is 1. The number of nitrogens with one attached hydrogen (secondary N) is 4. The number of carbonyl (C=O) groups is 2. The molecule has 2 amide bonds. The lowest BCUT2D eigenvalue weighted by Crippen LogP contribution is -2.36. The first-order valence-corrected chi connectivity index (χ1v) is 6.16. The molecule has 6 nitrogen and oxygen atoms in total. The molecule has 0 aromatic heterocycles. The van der Waals surface area contributed by atoms with Gasteiger partial charge in [0.15, 0.2) is 0 Å². The summed E-state index contributed by atoms with van der Waals surface area (Å²) in [7, 11) is 1.58. The van der Waals surface area contributed by atoms with Gasteiger partial charge in [-0.05, 0) is 40.2 Å². The molecule has 0 rings (SSSR count). The molecular formula is C14H22N4O2. The zero-order valence-corrected chi connectivity index (χ0v) is 12.8. The van der Waals surface area contributed by atoms with E-state index < -0.39 is 0 Å². The maximum atomic E-state index is 11.8. The van der Waals surface area contributed by atoms with E-state index >= 15 is 0 Å². The van der Waals surface area contributed by atoms with Gasteiger partial charge in [-0.25, -0.2) is 5.43 Å². The van der Waals surface area contributed by atoms with E-state index in [4.69, 9.17) is 0 Å². The van der Waals surface area contributed by atoms with Gasteiger partial charge in [0.2, 0.25) is 0 Å². The van der Waals surface area contributed by atoms with Gasteiger partial charge in [0.25, 0.3) is 11.8 Å². The highest BCUT2D eigenvalue weighted by atomic mass is 16.2. The third kappa shape index (κ3) is 7.24. The number of hydrazine groups is 2. The fraction of sp³-hybridized carbons (Fsp3) is 0.429. The van der Waals surface area contributed by atoms with Gasteiger partial charge in [0.1, 0.15) is 0 Å². The Labute approximate surface area is 119 Å². The molecule has 20 heavy (non-hydrogen) atoms. The molecule has 0 aliphatic heterocycles. The van der Waals surface area contributed by atoms with Gasteiger partial charge in [-0.2, -0.15) is 0 Å². The Balaban J connectivity index is 4.83. The Morgan fingerprint density at radius 2 is 1.25 bits per heavy atom. The van der Waals surface area contributed by atoms with Crippen LogP contribution in [0.25, 0.3) is 0 Å². The van der Waals surface area contributed by atoms with Gasteiger partial charge < -0.3 is 0 Å². The highest BCUT2D eigenvalue weighted by molar-refractivity contribution is 5.96. The summed E-state index contributed by atoms with van der Waals surface area (Å²) in [6.45, 7) is 8.75. The van der Waals surface area contributed by atoms with Crippen LogP contribution >= 0.6 is 0 Å². The monoisotopic (exact) mass is 278 g/mol.